The van der Waals surface area contributed by atoms with Crippen molar-refractivity contribution < 1.29 is 30.3 Å². The second kappa shape index (κ2) is 7.19. The Balaban J connectivity index is 3.41. The van der Waals surface area contributed by atoms with Crippen LogP contribution in [0, 0.1) is 0 Å². The summed E-state index contributed by atoms with van der Waals surface area (Å²) in [5.41, 5.74) is 0. The molecule has 3 atom stereocenters. The summed E-state index contributed by atoms with van der Waals surface area (Å²) in [6.07, 6.45) is -3.42. The Morgan fingerprint density at radius 2 is 1.46 bits per heavy atom. The normalized spacial score (nSPS) is 18.2. The number of aliphatic hydroxyl groups is 5. The van der Waals surface area contributed by atoms with Gasteiger partial charge >= 0.3 is 0 Å². The summed E-state index contributed by atoms with van der Waals surface area (Å²) in [4.78, 5) is 0. The van der Waals surface area contributed by atoms with Crippen LogP contribution in [0.1, 0.15) is 0 Å². The molecule has 0 spiro atoms. The van der Waals surface area contributed by atoms with Crippen LogP contribution in [0.3, 0.4) is 0 Å². The van der Waals surface area contributed by atoms with Crippen LogP contribution < -0.4 is 0 Å². The lowest BCUT2D eigenvalue weighted by Gasteiger charge is -2.16. The van der Waals surface area contributed by atoms with Crippen LogP contribution in [0.25, 0.3) is 0 Å². The van der Waals surface area contributed by atoms with Crippen molar-refractivity contribution in [3.05, 3.63) is 0 Å². The molecule has 80 valence electrons. The molecule has 0 bridgehead atoms. The fraction of sp³-hybridized carbons (Fsp3) is 1.00. The van der Waals surface area contributed by atoms with Gasteiger partial charge in [0.05, 0.1) is 26.4 Å². The molecule has 6 heteroatoms. The van der Waals surface area contributed by atoms with E-state index in [1.165, 1.54) is 0 Å². The first-order valence-corrected chi connectivity index (χ1v) is 3.95. The van der Waals surface area contributed by atoms with E-state index in [4.69, 9.17) is 30.3 Å². The van der Waals surface area contributed by atoms with Gasteiger partial charge in [-0.15, -0.1) is 0 Å². The third kappa shape index (κ3) is 5.92. The first-order chi connectivity index (χ1) is 6.11. The molecular formula is C7H16O6. The number of ether oxygens (including phenoxy) is 1. The molecule has 0 aromatic rings. The topological polar surface area (TPSA) is 110 Å². The summed E-state index contributed by atoms with van der Waals surface area (Å²) >= 11 is 0. The van der Waals surface area contributed by atoms with Gasteiger partial charge in [-0.1, -0.05) is 0 Å². The van der Waals surface area contributed by atoms with Crippen molar-refractivity contribution in [2.24, 2.45) is 0 Å². The molecule has 5 N–H and O–H groups in total. The Bertz CT molecular complexity index is 120. The molecule has 0 aromatic heterocycles. The van der Waals surface area contributed by atoms with Gasteiger partial charge in [-0.25, -0.2) is 0 Å². The summed E-state index contributed by atoms with van der Waals surface area (Å²) in [5, 5.41) is 43.5. The predicted molar refractivity (Wildman–Crippen MR) is 43.0 cm³/mol. The average Bonchev–Trinajstić information content (AvgIpc) is 2.15. The van der Waals surface area contributed by atoms with Gasteiger partial charge in [0.1, 0.15) is 18.3 Å². The van der Waals surface area contributed by atoms with Gasteiger partial charge in [0.25, 0.3) is 0 Å². The molecule has 0 aliphatic rings. The van der Waals surface area contributed by atoms with Crippen LogP contribution >= 0.6 is 0 Å². The lowest BCUT2D eigenvalue weighted by atomic mass is 10.2. The molecule has 0 saturated heterocycles. The first-order valence-electron chi connectivity index (χ1n) is 3.95. The van der Waals surface area contributed by atoms with Gasteiger partial charge in [-0.05, 0) is 0 Å². The van der Waals surface area contributed by atoms with Crippen LogP contribution in [-0.2, 0) is 4.74 Å². The molecule has 13 heavy (non-hydrogen) atoms. The summed E-state index contributed by atoms with van der Waals surface area (Å²) in [7, 11) is 0. The smallest absolute Gasteiger partial charge is 0.105 e. The largest absolute Gasteiger partial charge is 0.394 e. The van der Waals surface area contributed by atoms with Crippen LogP contribution in [0.5, 0.6) is 0 Å². The van der Waals surface area contributed by atoms with Crippen LogP contribution in [-0.4, -0.2) is 70.3 Å². The Kier molecular flexibility index (Phi) is 7.06. The van der Waals surface area contributed by atoms with Crippen molar-refractivity contribution in [3.8, 4) is 0 Å². The minimum atomic E-state index is -1.24. The van der Waals surface area contributed by atoms with E-state index in [9.17, 15) is 0 Å². The average molecular weight is 196 g/mol. The summed E-state index contributed by atoms with van der Waals surface area (Å²) in [5.74, 6) is 0. The molecule has 3 unspecified atom stereocenters. The fourth-order valence-electron chi connectivity index (χ4n) is 0.610. The van der Waals surface area contributed by atoms with E-state index >= 15 is 0 Å². The van der Waals surface area contributed by atoms with Crippen LogP contribution in [0.2, 0.25) is 0 Å². The number of aliphatic hydroxyl groups excluding tert-OH is 5. The highest BCUT2D eigenvalue weighted by molar-refractivity contribution is 4.64. The van der Waals surface area contributed by atoms with Crippen LogP contribution in [0.4, 0.5) is 0 Å². The fourth-order valence-corrected chi connectivity index (χ4v) is 0.610. The van der Waals surface area contributed by atoms with Crippen molar-refractivity contribution in [1.82, 2.24) is 0 Å². The van der Waals surface area contributed by atoms with Gasteiger partial charge < -0.3 is 30.3 Å². The highest BCUT2D eigenvalue weighted by atomic mass is 16.5. The van der Waals surface area contributed by atoms with E-state index < -0.39 is 31.5 Å². The highest BCUT2D eigenvalue weighted by Crippen LogP contribution is 1.94. The van der Waals surface area contributed by atoms with Crippen molar-refractivity contribution in [2.45, 2.75) is 18.3 Å². The van der Waals surface area contributed by atoms with E-state index in [1.807, 2.05) is 0 Å². The molecule has 0 radical (unpaired) electrons. The number of rotatable bonds is 7. The Morgan fingerprint density at radius 3 is 1.92 bits per heavy atom. The maximum atomic E-state index is 9.02. The zero-order chi connectivity index (χ0) is 10.3. The predicted octanol–water partition coefficient (Wildman–Crippen LogP) is -2.93. The third-order valence-electron chi connectivity index (χ3n) is 1.44. The van der Waals surface area contributed by atoms with E-state index in [-0.39, 0.29) is 13.2 Å². The van der Waals surface area contributed by atoms with E-state index in [0.717, 1.165) is 0 Å². The third-order valence-corrected chi connectivity index (χ3v) is 1.44. The Hall–Kier alpha value is -0.240. The highest BCUT2D eigenvalue weighted by Gasteiger charge is 2.15. The molecular weight excluding hydrogens is 180 g/mol. The van der Waals surface area contributed by atoms with Gasteiger partial charge in [-0.2, -0.15) is 0 Å². The van der Waals surface area contributed by atoms with Crippen LogP contribution in [0.15, 0.2) is 0 Å². The second-order valence-electron chi connectivity index (χ2n) is 2.69. The molecule has 0 heterocycles. The van der Waals surface area contributed by atoms with Gasteiger partial charge in [0.15, 0.2) is 0 Å². The molecule has 6 nitrogen and oxygen atoms in total. The van der Waals surface area contributed by atoms with E-state index in [1.54, 1.807) is 0 Å². The Labute approximate surface area is 76.0 Å². The molecule has 0 fully saturated rings. The van der Waals surface area contributed by atoms with E-state index in [0.29, 0.717) is 0 Å². The standard InChI is InChI=1S/C7H16O6/c8-1-5(10)3-13-4-7(12)6(11)2-9/h5-12H,1-4H2. The van der Waals surface area contributed by atoms with Crippen molar-refractivity contribution in [2.75, 3.05) is 26.4 Å². The second-order valence-corrected chi connectivity index (χ2v) is 2.69. The van der Waals surface area contributed by atoms with Gasteiger partial charge in [0, 0.05) is 0 Å². The van der Waals surface area contributed by atoms with Crippen molar-refractivity contribution >= 4 is 0 Å². The number of hydrogen-bond donors (Lipinski definition) is 5. The van der Waals surface area contributed by atoms with Crippen molar-refractivity contribution in [3.63, 3.8) is 0 Å². The molecule has 0 aliphatic heterocycles. The Morgan fingerprint density at radius 1 is 0.846 bits per heavy atom. The van der Waals surface area contributed by atoms with Crippen molar-refractivity contribution in [1.29, 1.82) is 0 Å². The molecule has 0 saturated carbocycles. The summed E-state index contributed by atoms with van der Waals surface area (Å²) in [6, 6.07) is 0. The van der Waals surface area contributed by atoms with E-state index in [2.05, 4.69) is 0 Å². The van der Waals surface area contributed by atoms with Gasteiger partial charge in [0.2, 0.25) is 0 Å². The SMILES string of the molecule is OCC(O)COCC(O)C(O)CO. The molecule has 0 aromatic carbocycles. The van der Waals surface area contributed by atoms with Gasteiger partial charge in [-0.3, -0.25) is 0 Å². The quantitative estimate of drug-likeness (QED) is 0.298. The molecule has 0 rings (SSSR count). The summed E-state index contributed by atoms with van der Waals surface area (Å²) in [6.45, 7) is -1.28. The maximum absolute atomic E-state index is 9.02. The molecule has 0 amide bonds. The number of hydrogen-bond acceptors (Lipinski definition) is 6. The minimum Gasteiger partial charge on any atom is -0.394 e. The lowest BCUT2D eigenvalue weighted by Crippen LogP contribution is -2.34. The summed E-state index contributed by atoms with van der Waals surface area (Å²) < 4.78 is 4.74. The monoisotopic (exact) mass is 196 g/mol. The minimum absolute atomic E-state index is 0.119. The lowest BCUT2D eigenvalue weighted by molar-refractivity contribution is -0.0737. The molecule has 0 aliphatic carbocycles. The zero-order valence-electron chi connectivity index (χ0n) is 7.20. The maximum Gasteiger partial charge on any atom is 0.105 e. The zero-order valence-corrected chi connectivity index (χ0v) is 7.20. The first kappa shape index (κ1) is 12.8.